The Morgan fingerprint density at radius 3 is 1.71 bits per heavy atom. The van der Waals surface area contributed by atoms with E-state index >= 15 is 0 Å². The van der Waals surface area contributed by atoms with Crippen LogP contribution >= 0.6 is 0 Å². The van der Waals surface area contributed by atoms with E-state index in [1.165, 1.54) is 0 Å². The van der Waals surface area contributed by atoms with Gasteiger partial charge in [0, 0.05) is 0 Å². The van der Waals surface area contributed by atoms with Crippen molar-refractivity contribution in [2.24, 2.45) is 0 Å². The van der Waals surface area contributed by atoms with Gasteiger partial charge in [0.25, 0.3) is 0 Å². The molecular formula is C3H5F2N3O4S2. The second kappa shape index (κ2) is 4.97. The van der Waals surface area contributed by atoms with Gasteiger partial charge in [0.05, 0.1) is 0 Å². The summed E-state index contributed by atoms with van der Waals surface area (Å²) < 4.78 is 60.1. The molecule has 11 heteroatoms. The molecule has 2 N–H and O–H groups in total. The van der Waals surface area contributed by atoms with Crippen LogP contribution in [0.15, 0.2) is 18.7 Å². The van der Waals surface area contributed by atoms with E-state index in [0.717, 1.165) is 4.13 Å². The van der Waals surface area contributed by atoms with Crippen molar-refractivity contribution < 1.29 is 29.6 Å². The molecule has 0 bridgehead atoms. The first-order valence-electron chi connectivity index (χ1n) is 2.83. The van der Waals surface area contributed by atoms with E-state index in [2.05, 4.69) is 9.97 Å². The van der Waals surface area contributed by atoms with Crippen molar-refractivity contribution in [3.8, 4) is 0 Å². The third-order valence-corrected chi connectivity index (χ3v) is 2.04. The molecule has 0 aliphatic heterocycles. The van der Waals surface area contributed by atoms with Crippen LogP contribution in [0.1, 0.15) is 0 Å². The lowest BCUT2D eigenvalue weighted by molar-refractivity contribution is -0.375. The van der Waals surface area contributed by atoms with Gasteiger partial charge in [-0.2, -0.15) is 0 Å². The highest BCUT2D eigenvalue weighted by Crippen LogP contribution is 2.11. The zero-order valence-electron chi connectivity index (χ0n) is 6.38. The lowest BCUT2D eigenvalue weighted by Gasteiger charge is -2.03. The number of nitrogens with one attached hydrogen (secondary N) is 2. The maximum atomic E-state index is 11.1. The Morgan fingerprint density at radius 2 is 1.64 bits per heavy atom. The van der Waals surface area contributed by atoms with Crippen LogP contribution in [0.5, 0.6) is 0 Å². The minimum atomic E-state index is -5.62. The van der Waals surface area contributed by atoms with Crippen LogP contribution in [-0.2, 0) is 20.8 Å². The number of aromatic nitrogens is 2. The fraction of sp³-hybridized carbons (Fsp3) is 0. The van der Waals surface area contributed by atoms with E-state index in [1.54, 1.807) is 6.33 Å². The quantitative estimate of drug-likeness (QED) is 0.719. The molecule has 82 valence electrons. The van der Waals surface area contributed by atoms with Gasteiger partial charge in [-0.3, -0.25) is 9.97 Å². The van der Waals surface area contributed by atoms with Gasteiger partial charge in [0.15, 0.2) is 0 Å². The number of hydrogen-bond acceptors (Lipinski definition) is 4. The van der Waals surface area contributed by atoms with E-state index < -0.39 is 20.8 Å². The third kappa shape index (κ3) is 10.9. The fourth-order valence-electron chi connectivity index (χ4n) is 0.347. The molecule has 0 aliphatic carbocycles. The number of H-pyrrole nitrogens is 2. The van der Waals surface area contributed by atoms with Gasteiger partial charge >= 0.3 is 0 Å². The van der Waals surface area contributed by atoms with Crippen molar-refractivity contribution in [2.75, 3.05) is 0 Å². The van der Waals surface area contributed by atoms with E-state index in [9.17, 15) is 24.6 Å². The molecule has 1 aromatic rings. The molecule has 0 radical (unpaired) electrons. The second-order valence-electron chi connectivity index (χ2n) is 1.71. The predicted octanol–water partition coefficient (Wildman–Crippen LogP) is -0.382. The van der Waals surface area contributed by atoms with Gasteiger partial charge in [0.2, 0.25) is 27.1 Å². The summed E-state index contributed by atoms with van der Waals surface area (Å²) in [6, 6.07) is 0. The van der Waals surface area contributed by atoms with Gasteiger partial charge in [-0.15, -0.1) is 7.77 Å². The standard InChI is InChI=1S/C3H4N2.F2NO4S2/c1-2-5-3-4-1;1-8(4,5)3-9(2,6)7/h1-3H,(H,4,5);/q;-1/p+1. The molecule has 0 aliphatic rings. The van der Waals surface area contributed by atoms with Crippen LogP contribution in [0.25, 0.3) is 4.13 Å². The van der Waals surface area contributed by atoms with Crippen molar-refractivity contribution in [3.05, 3.63) is 22.8 Å². The van der Waals surface area contributed by atoms with E-state index in [1.807, 2.05) is 12.4 Å². The summed E-state index contributed by atoms with van der Waals surface area (Å²) >= 11 is 0. The number of aromatic amines is 2. The minimum absolute atomic E-state index is 1.15. The van der Waals surface area contributed by atoms with Crippen molar-refractivity contribution >= 4 is 20.8 Å². The van der Waals surface area contributed by atoms with Gasteiger partial charge in [-0.05, 0) is 0 Å². The zero-order chi connectivity index (χ0) is 11.2. The highest BCUT2D eigenvalue weighted by atomic mass is 32.3. The maximum absolute atomic E-state index is 11.1. The number of rotatable bonds is 2. The van der Waals surface area contributed by atoms with Crippen LogP contribution in [0.4, 0.5) is 7.77 Å². The molecular weight excluding hydrogens is 244 g/mol. The van der Waals surface area contributed by atoms with Crippen molar-refractivity contribution in [3.63, 3.8) is 0 Å². The summed E-state index contributed by atoms with van der Waals surface area (Å²) in [5.74, 6) is 0. The maximum Gasteiger partial charge on any atom is 0.241 e. The first kappa shape index (κ1) is 12.9. The van der Waals surface area contributed by atoms with Crippen LogP contribution in [0.3, 0.4) is 0 Å². The van der Waals surface area contributed by atoms with Gasteiger partial charge in [0.1, 0.15) is 12.4 Å². The Bertz CT molecular complexity index is 391. The molecule has 0 aromatic carbocycles. The molecule has 0 fully saturated rings. The van der Waals surface area contributed by atoms with E-state index in [4.69, 9.17) is 0 Å². The van der Waals surface area contributed by atoms with Crippen molar-refractivity contribution in [1.29, 1.82) is 0 Å². The first-order valence-corrected chi connectivity index (χ1v) is 5.51. The third-order valence-electron chi connectivity index (χ3n) is 0.621. The molecule has 14 heavy (non-hydrogen) atoms. The van der Waals surface area contributed by atoms with Crippen LogP contribution < -0.4 is 4.98 Å². The molecule has 0 amide bonds. The Balaban J connectivity index is 0.000000280. The topological polar surface area (TPSA) is 112 Å². The highest BCUT2D eigenvalue weighted by Gasteiger charge is 2.01. The van der Waals surface area contributed by atoms with E-state index in [-0.39, 0.29) is 0 Å². The lowest BCUT2D eigenvalue weighted by Crippen LogP contribution is -1.94. The van der Waals surface area contributed by atoms with Crippen molar-refractivity contribution in [1.82, 2.24) is 4.98 Å². The number of halogens is 2. The number of hydrogen-bond donors (Lipinski definition) is 1. The summed E-state index contributed by atoms with van der Waals surface area (Å²) in [5.41, 5.74) is 0. The minimum Gasteiger partial charge on any atom is -0.379 e. The smallest absolute Gasteiger partial charge is 0.241 e. The number of nitrogens with zero attached hydrogens (tertiary/aromatic N) is 1. The molecule has 0 unspecified atom stereocenters. The molecule has 0 spiro atoms. The molecule has 1 heterocycles. The monoisotopic (exact) mass is 249 g/mol. The van der Waals surface area contributed by atoms with Gasteiger partial charge in [-0.25, -0.2) is 16.8 Å². The Morgan fingerprint density at radius 1 is 1.14 bits per heavy atom. The van der Waals surface area contributed by atoms with Gasteiger partial charge in [-0.1, -0.05) is 0 Å². The normalized spacial score (nSPS) is 11.6. The SMILES string of the molecule is O=S(=O)(F)[N-]S(=O)(=O)F.c1c[nH+]c[nH]1. The second-order valence-corrected chi connectivity index (χ2v) is 3.95. The summed E-state index contributed by atoms with van der Waals surface area (Å²) in [6.45, 7) is 0. The fourth-order valence-corrected chi connectivity index (χ4v) is 1.20. The summed E-state index contributed by atoms with van der Waals surface area (Å²) in [6.07, 6.45) is 5.39. The predicted molar refractivity (Wildman–Crippen MR) is 40.8 cm³/mol. The number of imidazole rings is 1. The summed E-state index contributed by atoms with van der Waals surface area (Å²) in [5, 5.41) is 0. The molecule has 0 saturated heterocycles. The zero-order valence-corrected chi connectivity index (χ0v) is 8.02. The molecule has 0 saturated carbocycles. The average molecular weight is 249 g/mol. The van der Waals surface area contributed by atoms with Crippen LogP contribution in [0.2, 0.25) is 0 Å². The highest BCUT2D eigenvalue weighted by molar-refractivity contribution is 8.07. The Labute approximate surface area is 78.9 Å². The summed E-state index contributed by atoms with van der Waals surface area (Å²) in [4.78, 5) is 5.61. The van der Waals surface area contributed by atoms with Crippen molar-refractivity contribution in [2.45, 2.75) is 0 Å². The molecule has 7 nitrogen and oxygen atoms in total. The summed E-state index contributed by atoms with van der Waals surface area (Å²) in [7, 11) is -11.2. The Hall–Kier alpha value is -1.07. The molecule has 1 rings (SSSR count). The van der Waals surface area contributed by atoms with Crippen LogP contribution in [0, 0.1) is 0 Å². The Kier molecular flexibility index (Phi) is 4.59. The first-order chi connectivity index (χ1) is 6.21. The largest absolute Gasteiger partial charge is 0.379 e. The average Bonchev–Trinajstić information content (AvgIpc) is 2.29. The van der Waals surface area contributed by atoms with Gasteiger partial charge < -0.3 is 4.13 Å². The van der Waals surface area contributed by atoms with E-state index in [0.29, 0.717) is 0 Å². The molecule has 0 atom stereocenters. The molecule has 1 aromatic heterocycles. The lowest BCUT2D eigenvalue weighted by atomic mass is 11.0. The van der Waals surface area contributed by atoms with Crippen LogP contribution in [-0.4, -0.2) is 21.8 Å².